The lowest BCUT2D eigenvalue weighted by atomic mass is 10.1. The number of amides is 1. The topological polar surface area (TPSA) is 46.9 Å². The van der Waals surface area contributed by atoms with E-state index in [1.54, 1.807) is 6.20 Å². The van der Waals surface area contributed by atoms with Gasteiger partial charge in [0, 0.05) is 25.1 Å². The van der Waals surface area contributed by atoms with Crippen molar-refractivity contribution >= 4 is 23.4 Å². The molecule has 0 saturated carbocycles. The number of hydrogen-bond donors (Lipinski definition) is 1. The molecule has 112 valence electrons. The number of imidazole rings is 1. The number of carbonyl (C=O) groups is 1. The number of benzene rings is 1. The normalized spacial score (nSPS) is 12.2. The van der Waals surface area contributed by atoms with Crippen molar-refractivity contribution in [2.45, 2.75) is 37.6 Å². The highest BCUT2D eigenvalue weighted by Gasteiger charge is 2.20. The monoisotopic (exact) mass is 303 g/mol. The summed E-state index contributed by atoms with van der Waals surface area (Å²) in [6.07, 6.45) is 4.39. The van der Waals surface area contributed by atoms with Gasteiger partial charge in [-0.1, -0.05) is 30.8 Å². The van der Waals surface area contributed by atoms with Gasteiger partial charge in [-0.2, -0.15) is 0 Å². The summed E-state index contributed by atoms with van der Waals surface area (Å²) in [5.74, 6) is 0.0270. The van der Waals surface area contributed by atoms with Crippen LogP contribution in [0.4, 0.5) is 5.69 Å². The minimum atomic E-state index is -0.147. The first-order valence-corrected chi connectivity index (χ1v) is 7.91. The molecule has 0 aliphatic carbocycles. The van der Waals surface area contributed by atoms with Gasteiger partial charge in [0.15, 0.2) is 5.16 Å². The Labute approximate surface area is 130 Å². The molecular weight excluding hydrogens is 282 g/mol. The lowest BCUT2D eigenvalue weighted by Crippen LogP contribution is -2.25. The number of thioether (sulfide) groups is 1. The van der Waals surface area contributed by atoms with E-state index in [0.717, 1.165) is 28.4 Å². The SMILES string of the molecule is CCC(Sc1nccn1C)C(=O)Nc1cc(C)ccc1C. The number of anilines is 1. The summed E-state index contributed by atoms with van der Waals surface area (Å²) in [6.45, 7) is 6.04. The molecule has 1 aromatic heterocycles. The van der Waals surface area contributed by atoms with Crippen molar-refractivity contribution in [1.82, 2.24) is 9.55 Å². The van der Waals surface area contributed by atoms with E-state index in [0.29, 0.717) is 0 Å². The van der Waals surface area contributed by atoms with Gasteiger partial charge in [0.2, 0.25) is 5.91 Å². The van der Waals surface area contributed by atoms with E-state index in [9.17, 15) is 4.79 Å². The molecule has 4 nitrogen and oxygen atoms in total. The number of carbonyl (C=O) groups excluding carboxylic acids is 1. The van der Waals surface area contributed by atoms with Crippen LogP contribution in [0.5, 0.6) is 0 Å². The lowest BCUT2D eigenvalue weighted by molar-refractivity contribution is -0.115. The highest BCUT2D eigenvalue weighted by atomic mass is 32.2. The third-order valence-corrected chi connectivity index (χ3v) is 4.77. The maximum absolute atomic E-state index is 12.5. The van der Waals surface area contributed by atoms with Crippen molar-refractivity contribution in [1.29, 1.82) is 0 Å². The molecule has 1 aromatic carbocycles. The molecule has 0 bridgehead atoms. The zero-order valence-electron chi connectivity index (χ0n) is 12.9. The van der Waals surface area contributed by atoms with Crippen LogP contribution in [0, 0.1) is 13.8 Å². The molecule has 21 heavy (non-hydrogen) atoms. The van der Waals surface area contributed by atoms with Crippen molar-refractivity contribution in [2.75, 3.05) is 5.32 Å². The molecule has 1 atom stereocenters. The molecule has 5 heteroatoms. The number of nitrogens with zero attached hydrogens (tertiary/aromatic N) is 2. The third-order valence-electron chi connectivity index (χ3n) is 3.34. The molecule has 0 radical (unpaired) electrons. The molecule has 1 heterocycles. The average molecular weight is 303 g/mol. The van der Waals surface area contributed by atoms with Gasteiger partial charge in [0.05, 0.1) is 5.25 Å². The summed E-state index contributed by atoms with van der Waals surface area (Å²) in [4.78, 5) is 16.7. The number of rotatable bonds is 5. The second kappa shape index (κ2) is 6.80. The van der Waals surface area contributed by atoms with Crippen molar-refractivity contribution in [2.24, 2.45) is 7.05 Å². The van der Waals surface area contributed by atoms with Gasteiger partial charge in [0.1, 0.15) is 0 Å². The molecule has 0 fully saturated rings. The second-order valence-electron chi connectivity index (χ2n) is 5.14. The van der Waals surface area contributed by atoms with Gasteiger partial charge in [-0.15, -0.1) is 0 Å². The fourth-order valence-corrected chi connectivity index (χ4v) is 2.93. The Bertz CT molecular complexity index is 636. The first kappa shape index (κ1) is 15.6. The standard InChI is InChI=1S/C16H21N3OS/c1-5-14(21-16-17-8-9-19(16)4)15(20)18-13-10-11(2)6-7-12(13)3/h6-10,14H,5H2,1-4H3,(H,18,20). The quantitative estimate of drug-likeness (QED) is 0.859. The predicted molar refractivity (Wildman–Crippen MR) is 87.7 cm³/mol. The van der Waals surface area contributed by atoms with Gasteiger partial charge in [0.25, 0.3) is 0 Å². The summed E-state index contributed by atoms with van der Waals surface area (Å²) >= 11 is 1.50. The summed E-state index contributed by atoms with van der Waals surface area (Å²) in [5, 5.41) is 3.75. The van der Waals surface area contributed by atoms with Crippen LogP contribution >= 0.6 is 11.8 Å². The highest BCUT2D eigenvalue weighted by molar-refractivity contribution is 8.00. The lowest BCUT2D eigenvalue weighted by Gasteiger charge is -2.16. The molecule has 1 unspecified atom stereocenters. The van der Waals surface area contributed by atoms with E-state index in [2.05, 4.69) is 10.3 Å². The number of aromatic nitrogens is 2. The minimum Gasteiger partial charge on any atom is -0.329 e. The summed E-state index contributed by atoms with van der Waals surface area (Å²) in [6, 6.07) is 6.08. The van der Waals surface area contributed by atoms with Crippen LogP contribution in [-0.2, 0) is 11.8 Å². The van der Waals surface area contributed by atoms with E-state index in [-0.39, 0.29) is 11.2 Å². The zero-order valence-corrected chi connectivity index (χ0v) is 13.7. The van der Waals surface area contributed by atoms with Crippen molar-refractivity contribution in [3.8, 4) is 0 Å². The van der Waals surface area contributed by atoms with E-state index in [1.807, 2.05) is 56.8 Å². The third kappa shape index (κ3) is 3.88. The molecular formula is C16H21N3OS. The molecule has 1 N–H and O–H groups in total. The molecule has 2 rings (SSSR count). The van der Waals surface area contributed by atoms with E-state index < -0.39 is 0 Å². The van der Waals surface area contributed by atoms with Crippen LogP contribution in [0.3, 0.4) is 0 Å². The number of hydrogen-bond acceptors (Lipinski definition) is 3. The Hall–Kier alpha value is -1.75. The highest BCUT2D eigenvalue weighted by Crippen LogP contribution is 2.25. The Morgan fingerprint density at radius 3 is 2.81 bits per heavy atom. The summed E-state index contributed by atoms with van der Waals surface area (Å²) < 4.78 is 1.93. The van der Waals surface area contributed by atoms with Crippen molar-refractivity contribution in [3.05, 3.63) is 41.7 Å². The van der Waals surface area contributed by atoms with Crippen LogP contribution < -0.4 is 5.32 Å². The molecule has 2 aromatic rings. The number of aryl methyl sites for hydroxylation is 3. The molecule has 0 saturated heterocycles. The maximum atomic E-state index is 12.5. The van der Waals surface area contributed by atoms with Crippen LogP contribution in [0.2, 0.25) is 0 Å². The maximum Gasteiger partial charge on any atom is 0.237 e. The fraction of sp³-hybridized carbons (Fsp3) is 0.375. The van der Waals surface area contributed by atoms with Crippen molar-refractivity contribution in [3.63, 3.8) is 0 Å². The Kier molecular flexibility index (Phi) is 5.07. The first-order chi connectivity index (χ1) is 10.0. The van der Waals surface area contributed by atoms with Gasteiger partial charge in [-0.05, 0) is 37.5 Å². The zero-order chi connectivity index (χ0) is 15.4. The van der Waals surface area contributed by atoms with E-state index in [1.165, 1.54) is 11.8 Å². The second-order valence-corrected chi connectivity index (χ2v) is 6.31. The van der Waals surface area contributed by atoms with E-state index >= 15 is 0 Å². The van der Waals surface area contributed by atoms with Crippen molar-refractivity contribution < 1.29 is 4.79 Å². The van der Waals surface area contributed by atoms with Gasteiger partial charge < -0.3 is 9.88 Å². The fourth-order valence-electron chi connectivity index (χ4n) is 2.00. The molecule has 0 aliphatic rings. The van der Waals surface area contributed by atoms with E-state index in [4.69, 9.17) is 0 Å². The molecule has 1 amide bonds. The van der Waals surface area contributed by atoms with Gasteiger partial charge in [-0.25, -0.2) is 4.98 Å². The predicted octanol–water partition coefficient (Wildman–Crippen LogP) is 3.55. The average Bonchev–Trinajstić information content (AvgIpc) is 2.85. The largest absolute Gasteiger partial charge is 0.329 e. The van der Waals surface area contributed by atoms with Crippen LogP contribution in [0.25, 0.3) is 0 Å². The summed E-state index contributed by atoms with van der Waals surface area (Å²) in [5.41, 5.74) is 3.10. The molecule has 0 aliphatic heterocycles. The smallest absolute Gasteiger partial charge is 0.237 e. The molecule has 0 spiro atoms. The first-order valence-electron chi connectivity index (χ1n) is 7.03. The van der Waals surface area contributed by atoms with Gasteiger partial charge >= 0.3 is 0 Å². The minimum absolute atomic E-state index is 0.0270. The Morgan fingerprint density at radius 1 is 1.43 bits per heavy atom. The van der Waals surface area contributed by atoms with Gasteiger partial charge in [-0.3, -0.25) is 4.79 Å². The van der Waals surface area contributed by atoms with Crippen LogP contribution in [0.1, 0.15) is 24.5 Å². The summed E-state index contributed by atoms with van der Waals surface area (Å²) in [7, 11) is 1.94. The Morgan fingerprint density at radius 2 is 2.19 bits per heavy atom. The van der Waals surface area contributed by atoms with Crippen LogP contribution in [0.15, 0.2) is 35.7 Å². The Balaban J connectivity index is 2.10. The number of nitrogens with one attached hydrogen (secondary N) is 1. The van der Waals surface area contributed by atoms with Crippen LogP contribution in [-0.4, -0.2) is 20.7 Å².